The normalized spacial score (nSPS) is 18.4. The molecule has 0 saturated carbocycles. The lowest BCUT2D eigenvalue weighted by Gasteiger charge is -2.15. The number of carbonyl (C=O) groups is 1. The number of hydrogen-bond acceptors (Lipinski definition) is 5. The summed E-state index contributed by atoms with van der Waals surface area (Å²) in [5.41, 5.74) is 2.95. The van der Waals surface area contributed by atoms with E-state index in [1.165, 1.54) is 0 Å². The van der Waals surface area contributed by atoms with E-state index >= 15 is 0 Å². The summed E-state index contributed by atoms with van der Waals surface area (Å²) in [5, 5.41) is 12.5. The van der Waals surface area contributed by atoms with Crippen molar-refractivity contribution in [1.29, 1.82) is 0 Å². The van der Waals surface area contributed by atoms with E-state index in [1.54, 1.807) is 0 Å². The first-order valence-corrected chi connectivity index (χ1v) is 10.3. The van der Waals surface area contributed by atoms with E-state index in [-0.39, 0.29) is 11.8 Å². The van der Waals surface area contributed by atoms with Gasteiger partial charge in [0, 0.05) is 18.5 Å². The molecule has 0 aliphatic carbocycles. The number of hydrogen-bond donors (Lipinski definition) is 2. The van der Waals surface area contributed by atoms with Crippen LogP contribution in [0.25, 0.3) is 11.5 Å². The molecule has 0 bridgehead atoms. The van der Waals surface area contributed by atoms with Crippen LogP contribution < -0.4 is 10.1 Å². The molecule has 1 aromatic heterocycles. The van der Waals surface area contributed by atoms with Crippen LogP contribution in [0.3, 0.4) is 0 Å². The minimum atomic E-state index is -0.727. The Morgan fingerprint density at radius 2 is 2.03 bits per heavy atom. The Labute approximate surface area is 175 Å². The fourth-order valence-corrected chi connectivity index (χ4v) is 3.93. The monoisotopic (exact) mass is 406 g/mol. The van der Waals surface area contributed by atoms with Gasteiger partial charge in [0.1, 0.15) is 11.5 Å². The quantitative estimate of drug-likeness (QED) is 0.593. The van der Waals surface area contributed by atoms with Crippen molar-refractivity contribution >= 4 is 5.97 Å². The number of rotatable bonds is 8. The standard InChI is InChI=1S/C24H26N2O4/c1-16-22(26-23(30-16)18-7-3-2-4-8-18)10-11-29-20-9-5-6-17(13-20)12-19-14-25-15-21(19)24(27)28/h2-9,13,19,21,25H,10-12,14-15H2,1H3,(H,27,28)/t19-,21+/m1/s1. The summed E-state index contributed by atoms with van der Waals surface area (Å²) >= 11 is 0. The third-order valence-corrected chi connectivity index (χ3v) is 5.57. The van der Waals surface area contributed by atoms with Crippen molar-refractivity contribution in [2.24, 2.45) is 11.8 Å². The molecule has 0 amide bonds. The Balaban J connectivity index is 1.34. The second-order valence-electron chi connectivity index (χ2n) is 7.70. The van der Waals surface area contributed by atoms with Crippen LogP contribution in [0.4, 0.5) is 0 Å². The van der Waals surface area contributed by atoms with Gasteiger partial charge >= 0.3 is 5.97 Å². The number of ether oxygens (including phenoxy) is 1. The number of aliphatic carboxylic acids is 1. The number of benzene rings is 2. The van der Waals surface area contributed by atoms with Crippen LogP contribution in [-0.2, 0) is 17.6 Å². The zero-order chi connectivity index (χ0) is 20.9. The molecule has 6 heteroatoms. The molecule has 0 radical (unpaired) electrons. The van der Waals surface area contributed by atoms with Crippen LogP contribution in [0.2, 0.25) is 0 Å². The molecule has 2 heterocycles. The van der Waals surface area contributed by atoms with E-state index in [2.05, 4.69) is 10.3 Å². The van der Waals surface area contributed by atoms with Gasteiger partial charge in [0.25, 0.3) is 0 Å². The lowest BCUT2D eigenvalue weighted by atomic mass is 9.90. The molecule has 2 aromatic carbocycles. The fraction of sp³-hybridized carbons (Fsp3) is 0.333. The van der Waals surface area contributed by atoms with E-state index < -0.39 is 5.97 Å². The van der Waals surface area contributed by atoms with Gasteiger partial charge in [0.2, 0.25) is 5.89 Å². The van der Waals surface area contributed by atoms with Gasteiger partial charge in [-0.2, -0.15) is 0 Å². The van der Waals surface area contributed by atoms with Crippen LogP contribution in [0.1, 0.15) is 17.0 Å². The van der Waals surface area contributed by atoms with Gasteiger partial charge in [-0.15, -0.1) is 0 Å². The average molecular weight is 406 g/mol. The summed E-state index contributed by atoms with van der Waals surface area (Å²) < 4.78 is 11.8. The van der Waals surface area contributed by atoms with E-state index in [9.17, 15) is 9.90 Å². The fourth-order valence-electron chi connectivity index (χ4n) is 3.93. The Kier molecular flexibility index (Phi) is 6.14. The molecule has 1 aliphatic heterocycles. The lowest BCUT2D eigenvalue weighted by Crippen LogP contribution is -2.23. The topological polar surface area (TPSA) is 84.6 Å². The summed E-state index contributed by atoms with van der Waals surface area (Å²) in [6, 6.07) is 17.8. The average Bonchev–Trinajstić information content (AvgIpc) is 3.36. The zero-order valence-electron chi connectivity index (χ0n) is 17.0. The SMILES string of the molecule is Cc1oc(-c2ccccc2)nc1CCOc1cccc(C[C@@H]2CNC[C@@H]2C(=O)O)c1. The van der Waals surface area contributed by atoms with Gasteiger partial charge in [-0.1, -0.05) is 30.3 Å². The summed E-state index contributed by atoms with van der Waals surface area (Å²) in [7, 11) is 0. The molecule has 1 saturated heterocycles. The number of nitrogens with zero attached hydrogens (tertiary/aromatic N) is 1. The number of aryl methyl sites for hydroxylation is 1. The maximum absolute atomic E-state index is 11.4. The summed E-state index contributed by atoms with van der Waals surface area (Å²) in [6.45, 7) is 3.69. The lowest BCUT2D eigenvalue weighted by molar-refractivity contribution is -0.142. The third kappa shape index (κ3) is 4.71. The Morgan fingerprint density at radius 1 is 1.20 bits per heavy atom. The number of nitrogens with one attached hydrogen (secondary N) is 1. The van der Waals surface area contributed by atoms with Crippen LogP contribution in [0, 0.1) is 18.8 Å². The van der Waals surface area contributed by atoms with Gasteiger partial charge in [-0.3, -0.25) is 4.79 Å². The third-order valence-electron chi connectivity index (χ3n) is 5.57. The largest absolute Gasteiger partial charge is 0.493 e. The molecule has 3 aromatic rings. The molecular weight excluding hydrogens is 380 g/mol. The smallest absolute Gasteiger partial charge is 0.308 e. The van der Waals surface area contributed by atoms with Crippen molar-refractivity contribution in [2.75, 3.05) is 19.7 Å². The number of oxazole rings is 1. The van der Waals surface area contributed by atoms with Gasteiger partial charge in [0.15, 0.2) is 0 Å². The maximum atomic E-state index is 11.4. The molecule has 2 atom stereocenters. The predicted octanol–water partition coefficient (Wildman–Crippen LogP) is 3.73. The first-order chi connectivity index (χ1) is 14.6. The summed E-state index contributed by atoms with van der Waals surface area (Å²) in [6.07, 6.45) is 1.38. The van der Waals surface area contributed by atoms with Gasteiger partial charge in [-0.25, -0.2) is 4.98 Å². The van der Waals surface area contributed by atoms with Crippen molar-refractivity contribution in [2.45, 2.75) is 19.8 Å². The van der Waals surface area contributed by atoms with E-state index in [1.807, 2.05) is 61.5 Å². The minimum absolute atomic E-state index is 0.104. The highest BCUT2D eigenvalue weighted by Crippen LogP contribution is 2.25. The number of carboxylic acids is 1. The van der Waals surface area contributed by atoms with Crippen molar-refractivity contribution in [3.8, 4) is 17.2 Å². The second-order valence-corrected chi connectivity index (χ2v) is 7.70. The minimum Gasteiger partial charge on any atom is -0.493 e. The van der Waals surface area contributed by atoms with Crippen molar-refractivity contribution in [3.05, 3.63) is 71.6 Å². The Bertz CT molecular complexity index is 999. The summed E-state index contributed by atoms with van der Waals surface area (Å²) in [4.78, 5) is 16.0. The first-order valence-electron chi connectivity index (χ1n) is 10.3. The molecule has 6 nitrogen and oxygen atoms in total. The van der Waals surface area contributed by atoms with E-state index in [0.717, 1.165) is 41.3 Å². The van der Waals surface area contributed by atoms with E-state index in [0.29, 0.717) is 25.5 Å². The molecule has 156 valence electrons. The highest BCUT2D eigenvalue weighted by Gasteiger charge is 2.32. The van der Waals surface area contributed by atoms with Crippen LogP contribution >= 0.6 is 0 Å². The predicted molar refractivity (Wildman–Crippen MR) is 114 cm³/mol. The first kappa shape index (κ1) is 20.2. The Morgan fingerprint density at radius 3 is 2.83 bits per heavy atom. The van der Waals surface area contributed by atoms with Crippen molar-refractivity contribution in [1.82, 2.24) is 10.3 Å². The molecule has 1 fully saturated rings. The van der Waals surface area contributed by atoms with Gasteiger partial charge < -0.3 is 19.6 Å². The molecule has 4 rings (SSSR count). The van der Waals surface area contributed by atoms with Crippen molar-refractivity contribution < 1.29 is 19.1 Å². The summed E-state index contributed by atoms with van der Waals surface area (Å²) in [5.74, 6) is 1.27. The maximum Gasteiger partial charge on any atom is 0.308 e. The second kappa shape index (κ2) is 9.13. The molecule has 1 aliphatic rings. The Hall–Kier alpha value is -3.12. The van der Waals surface area contributed by atoms with Crippen LogP contribution in [0.15, 0.2) is 59.0 Å². The molecular formula is C24H26N2O4. The highest BCUT2D eigenvalue weighted by molar-refractivity contribution is 5.71. The van der Waals surface area contributed by atoms with Crippen LogP contribution in [0.5, 0.6) is 5.75 Å². The molecule has 0 unspecified atom stereocenters. The number of carboxylic acid groups (broad SMARTS) is 1. The van der Waals surface area contributed by atoms with Crippen molar-refractivity contribution in [3.63, 3.8) is 0 Å². The molecule has 30 heavy (non-hydrogen) atoms. The molecule has 2 N–H and O–H groups in total. The van der Waals surface area contributed by atoms with Gasteiger partial charge in [-0.05, 0) is 55.6 Å². The van der Waals surface area contributed by atoms with E-state index in [4.69, 9.17) is 9.15 Å². The van der Waals surface area contributed by atoms with Gasteiger partial charge in [0.05, 0.1) is 18.2 Å². The highest BCUT2D eigenvalue weighted by atomic mass is 16.5. The number of aromatic nitrogens is 1. The van der Waals surface area contributed by atoms with Crippen LogP contribution in [-0.4, -0.2) is 35.8 Å². The zero-order valence-corrected chi connectivity index (χ0v) is 17.0. The molecule has 0 spiro atoms.